The SMILES string of the molecule is Cc1cccc(NC2=CC(N)(C3CCC(N)CC3)Nn3ccnc32)c1. The van der Waals surface area contributed by atoms with Crippen LogP contribution in [0.25, 0.3) is 5.70 Å². The monoisotopic (exact) mass is 338 g/mol. The second kappa shape index (κ2) is 6.20. The number of aromatic nitrogens is 2. The first-order valence-electron chi connectivity index (χ1n) is 8.96. The Balaban J connectivity index is 1.66. The number of hydrogen-bond acceptors (Lipinski definition) is 5. The Morgan fingerprint density at radius 2 is 2.08 bits per heavy atom. The molecule has 2 aliphatic rings. The summed E-state index contributed by atoms with van der Waals surface area (Å²) in [6.45, 7) is 2.08. The predicted octanol–water partition coefficient (Wildman–Crippen LogP) is 2.37. The van der Waals surface area contributed by atoms with E-state index < -0.39 is 5.66 Å². The van der Waals surface area contributed by atoms with Crippen LogP contribution in [-0.2, 0) is 0 Å². The largest absolute Gasteiger partial charge is 0.353 e. The van der Waals surface area contributed by atoms with E-state index in [4.69, 9.17) is 11.5 Å². The number of rotatable bonds is 3. The second-order valence-electron chi connectivity index (χ2n) is 7.33. The van der Waals surface area contributed by atoms with Crippen LogP contribution in [0.15, 0.2) is 42.7 Å². The van der Waals surface area contributed by atoms with Gasteiger partial charge in [-0.1, -0.05) is 12.1 Å². The van der Waals surface area contributed by atoms with E-state index in [1.165, 1.54) is 5.56 Å². The smallest absolute Gasteiger partial charge is 0.174 e. The van der Waals surface area contributed by atoms with Crippen LogP contribution in [-0.4, -0.2) is 21.4 Å². The van der Waals surface area contributed by atoms with Crippen molar-refractivity contribution in [1.82, 2.24) is 9.66 Å². The summed E-state index contributed by atoms with van der Waals surface area (Å²) in [5.74, 6) is 1.19. The molecule has 0 saturated heterocycles. The maximum atomic E-state index is 6.81. The van der Waals surface area contributed by atoms with Gasteiger partial charge >= 0.3 is 0 Å². The Labute approximate surface area is 148 Å². The molecule has 0 radical (unpaired) electrons. The summed E-state index contributed by atoms with van der Waals surface area (Å²) in [4.78, 5) is 4.47. The highest BCUT2D eigenvalue weighted by atomic mass is 15.5. The van der Waals surface area contributed by atoms with Crippen LogP contribution < -0.4 is 22.2 Å². The third-order valence-corrected chi connectivity index (χ3v) is 5.32. The Bertz CT molecular complexity index is 787. The number of nitrogens with one attached hydrogen (secondary N) is 2. The van der Waals surface area contributed by atoms with Gasteiger partial charge in [0, 0.05) is 30.0 Å². The first-order valence-corrected chi connectivity index (χ1v) is 8.96. The lowest BCUT2D eigenvalue weighted by molar-refractivity contribution is 0.239. The molecule has 2 aromatic rings. The number of nitrogens with two attached hydrogens (primary N) is 2. The van der Waals surface area contributed by atoms with Crippen molar-refractivity contribution in [2.45, 2.75) is 44.3 Å². The first kappa shape index (κ1) is 16.2. The molecule has 6 N–H and O–H groups in total. The Kier molecular flexibility index (Phi) is 4.01. The summed E-state index contributed by atoms with van der Waals surface area (Å²) in [6, 6.07) is 8.61. The van der Waals surface area contributed by atoms with Gasteiger partial charge in [-0.25, -0.2) is 9.66 Å². The summed E-state index contributed by atoms with van der Waals surface area (Å²) in [5, 5.41) is 3.50. The summed E-state index contributed by atoms with van der Waals surface area (Å²) >= 11 is 0. The molecule has 6 heteroatoms. The van der Waals surface area contributed by atoms with Crippen LogP contribution in [0.4, 0.5) is 5.69 Å². The molecule has 1 aliphatic carbocycles. The molecule has 0 spiro atoms. The van der Waals surface area contributed by atoms with E-state index in [2.05, 4.69) is 46.9 Å². The Morgan fingerprint density at radius 3 is 2.84 bits per heavy atom. The Hall–Kier alpha value is -2.31. The van der Waals surface area contributed by atoms with Crippen LogP contribution in [0, 0.1) is 12.8 Å². The van der Waals surface area contributed by atoms with Crippen LogP contribution in [0.1, 0.15) is 37.1 Å². The van der Waals surface area contributed by atoms with E-state index in [0.29, 0.717) is 12.0 Å². The number of aryl methyl sites for hydroxylation is 1. The number of anilines is 1. The molecule has 1 atom stereocenters. The zero-order chi connectivity index (χ0) is 17.4. The van der Waals surface area contributed by atoms with Gasteiger partial charge in [0.1, 0.15) is 5.66 Å². The molecule has 1 aromatic carbocycles. The highest BCUT2D eigenvalue weighted by molar-refractivity contribution is 5.76. The second-order valence-corrected chi connectivity index (χ2v) is 7.33. The normalized spacial score (nSPS) is 28.7. The van der Waals surface area contributed by atoms with E-state index in [0.717, 1.165) is 42.9 Å². The van der Waals surface area contributed by atoms with Gasteiger partial charge in [-0.05, 0) is 56.4 Å². The summed E-state index contributed by atoms with van der Waals surface area (Å²) < 4.78 is 1.92. The standard InChI is InChI=1S/C19H26N6/c1-13-3-2-4-16(11-13)23-17-12-19(21,14-5-7-15(20)8-6-14)24-25-10-9-22-18(17)25/h2-4,9-12,14-15,23-24H,5-8,20-21H2,1H3. The summed E-state index contributed by atoms with van der Waals surface area (Å²) in [5.41, 5.74) is 18.9. The van der Waals surface area contributed by atoms with Crippen LogP contribution in [0.3, 0.4) is 0 Å². The maximum Gasteiger partial charge on any atom is 0.174 e. The van der Waals surface area contributed by atoms with Gasteiger partial charge in [-0.3, -0.25) is 0 Å². The fraction of sp³-hybridized carbons (Fsp3) is 0.421. The van der Waals surface area contributed by atoms with Gasteiger partial charge in [0.2, 0.25) is 0 Å². The molecule has 1 unspecified atom stereocenters. The third kappa shape index (κ3) is 3.15. The lowest BCUT2D eigenvalue weighted by Gasteiger charge is -2.42. The fourth-order valence-electron chi connectivity index (χ4n) is 3.91. The topological polar surface area (TPSA) is 93.9 Å². The number of benzene rings is 1. The molecular weight excluding hydrogens is 312 g/mol. The molecule has 2 heterocycles. The first-order chi connectivity index (χ1) is 12.0. The van der Waals surface area contributed by atoms with Gasteiger partial charge in [0.15, 0.2) is 5.82 Å². The van der Waals surface area contributed by atoms with Crippen LogP contribution >= 0.6 is 0 Å². The molecular formula is C19H26N6. The minimum atomic E-state index is -0.611. The van der Waals surface area contributed by atoms with Gasteiger partial charge in [0.25, 0.3) is 0 Å². The number of hydrogen-bond donors (Lipinski definition) is 4. The van der Waals surface area contributed by atoms with Gasteiger partial charge in [-0.15, -0.1) is 0 Å². The van der Waals surface area contributed by atoms with E-state index >= 15 is 0 Å². The van der Waals surface area contributed by atoms with Gasteiger partial charge in [0.05, 0.1) is 5.70 Å². The molecule has 4 rings (SSSR count). The molecule has 0 amide bonds. The summed E-state index contributed by atoms with van der Waals surface area (Å²) in [7, 11) is 0. The average molecular weight is 338 g/mol. The van der Waals surface area contributed by atoms with Crippen molar-refractivity contribution < 1.29 is 0 Å². The summed E-state index contributed by atoms with van der Waals surface area (Å²) in [6.07, 6.45) is 9.91. The zero-order valence-electron chi connectivity index (χ0n) is 14.6. The minimum absolute atomic E-state index is 0.307. The molecule has 1 aromatic heterocycles. The number of fused-ring (bicyclic) bond motifs is 1. The molecule has 132 valence electrons. The van der Waals surface area contributed by atoms with Crippen LogP contribution in [0.5, 0.6) is 0 Å². The predicted molar refractivity (Wildman–Crippen MR) is 101 cm³/mol. The van der Waals surface area contributed by atoms with Gasteiger partial charge < -0.3 is 22.2 Å². The lowest BCUT2D eigenvalue weighted by Crippen LogP contribution is -2.58. The van der Waals surface area contributed by atoms with Crippen molar-refractivity contribution in [2.75, 3.05) is 10.7 Å². The van der Waals surface area contributed by atoms with Crippen molar-refractivity contribution in [3.05, 3.63) is 54.1 Å². The number of imidazole rings is 1. The maximum absolute atomic E-state index is 6.81. The quantitative estimate of drug-likeness (QED) is 0.689. The van der Waals surface area contributed by atoms with E-state index in [1.54, 1.807) is 6.20 Å². The van der Waals surface area contributed by atoms with E-state index in [1.807, 2.05) is 16.9 Å². The van der Waals surface area contributed by atoms with Crippen LogP contribution in [0.2, 0.25) is 0 Å². The molecule has 25 heavy (non-hydrogen) atoms. The minimum Gasteiger partial charge on any atom is -0.353 e. The van der Waals surface area contributed by atoms with E-state index in [9.17, 15) is 0 Å². The molecule has 0 bridgehead atoms. The average Bonchev–Trinajstić information content (AvgIpc) is 3.03. The van der Waals surface area contributed by atoms with Crippen molar-refractivity contribution in [2.24, 2.45) is 17.4 Å². The van der Waals surface area contributed by atoms with Crippen molar-refractivity contribution >= 4 is 11.4 Å². The van der Waals surface area contributed by atoms with Crippen molar-refractivity contribution in [3.8, 4) is 0 Å². The third-order valence-electron chi connectivity index (χ3n) is 5.32. The fourth-order valence-corrected chi connectivity index (χ4v) is 3.91. The zero-order valence-corrected chi connectivity index (χ0v) is 14.6. The molecule has 1 saturated carbocycles. The van der Waals surface area contributed by atoms with E-state index in [-0.39, 0.29) is 0 Å². The molecule has 6 nitrogen and oxygen atoms in total. The molecule has 1 fully saturated rings. The van der Waals surface area contributed by atoms with Crippen molar-refractivity contribution in [1.29, 1.82) is 0 Å². The highest BCUT2D eigenvalue weighted by Crippen LogP contribution is 2.35. The highest BCUT2D eigenvalue weighted by Gasteiger charge is 2.39. The van der Waals surface area contributed by atoms with Crippen molar-refractivity contribution in [3.63, 3.8) is 0 Å². The molecule has 1 aliphatic heterocycles. The Morgan fingerprint density at radius 1 is 1.28 bits per heavy atom. The lowest BCUT2D eigenvalue weighted by atomic mass is 9.78. The van der Waals surface area contributed by atoms with Gasteiger partial charge in [-0.2, -0.15) is 0 Å². The number of nitrogens with zero attached hydrogens (tertiary/aromatic N) is 2.